The third kappa shape index (κ3) is 2.75. The average Bonchev–Trinajstić information content (AvgIpc) is 2.75. The van der Waals surface area contributed by atoms with Crippen molar-refractivity contribution in [1.82, 2.24) is 20.4 Å². The summed E-state index contributed by atoms with van der Waals surface area (Å²) in [5.41, 5.74) is 5.74. The first-order chi connectivity index (χ1) is 8.56. The summed E-state index contributed by atoms with van der Waals surface area (Å²) in [6.45, 7) is 1.81. The third-order valence-corrected chi connectivity index (χ3v) is 2.40. The Morgan fingerprint density at radius 3 is 3.06 bits per heavy atom. The van der Waals surface area contributed by atoms with Gasteiger partial charge in [-0.05, 0) is 6.07 Å². The number of hydrogen-bond acceptors (Lipinski definition) is 6. The normalized spacial score (nSPS) is 10.3. The summed E-state index contributed by atoms with van der Waals surface area (Å²) in [7, 11) is 0. The number of carbonyl (C=O) groups excluding carboxylic acids is 1. The number of halogens is 1. The topological polar surface area (TPSA) is 107 Å². The Balaban J connectivity index is 2.05. The fourth-order valence-electron chi connectivity index (χ4n) is 1.30. The van der Waals surface area contributed by atoms with Crippen molar-refractivity contribution in [2.75, 3.05) is 5.73 Å². The summed E-state index contributed by atoms with van der Waals surface area (Å²) < 4.78 is 4.78. The van der Waals surface area contributed by atoms with Crippen LogP contribution in [0.2, 0.25) is 5.02 Å². The molecule has 94 valence electrons. The molecule has 8 heteroatoms. The molecule has 0 aliphatic rings. The predicted octanol–water partition coefficient (Wildman–Crippen LogP) is 0.939. The molecule has 0 unspecified atom stereocenters. The second-order valence-electron chi connectivity index (χ2n) is 3.50. The molecular weight excluding hydrogens is 258 g/mol. The number of aromatic nitrogens is 3. The Kier molecular flexibility index (Phi) is 3.42. The molecule has 0 radical (unpaired) electrons. The molecule has 0 saturated heterocycles. The van der Waals surface area contributed by atoms with Crippen LogP contribution in [-0.2, 0) is 6.54 Å². The van der Waals surface area contributed by atoms with Gasteiger partial charge in [0, 0.05) is 13.1 Å². The first-order valence-corrected chi connectivity index (χ1v) is 5.42. The van der Waals surface area contributed by atoms with Crippen LogP contribution in [0.5, 0.6) is 0 Å². The van der Waals surface area contributed by atoms with Crippen LogP contribution in [-0.4, -0.2) is 21.0 Å². The first-order valence-electron chi connectivity index (χ1n) is 5.04. The van der Waals surface area contributed by atoms with E-state index in [4.69, 9.17) is 21.9 Å². The number of nitrogens with two attached hydrogens (primary N) is 1. The van der Waals surface area contributed by atoms with Gasteiger partial charge in [-0.3, -0.25) is 4.79 Å². The fourth-order valence-corrected chi connectivity index (χ4v) is 1.49. The van der Waals surface area contributed by atoms with Crippen molar-refractivity contribution in [1.29, 1.82) is 0 Å². The molecule has 0 atom stereocenters. The highest BCUT2D eigenvalue weighted by Gasteiger charge is 2.12. The third-order valence-electron chi connectivity index (χ3n) is 2.10. The fraction of sp³-hybridized carbons (Fsp3) is 0.200. The van der Waals surface area contributed by atoms with Gasteiger partial charge >= 0.3 is 0 Å². The van der Waals surface area contributed by atoms with E-state index in [0.29, 0.717) is 11.7 Å². The minimum Gasteiger partial charge on any atom is -0.384 e. The van der Waals surface area contributed by atoms with Crippen LogP contribution in [0.3, 0.4) is 0 Å². The van der Waals surface area contributed by atoms with E-state index < -0.39 is 0 Å². The van der Waals surface area contributed by atoms with Gasteiger partial charge in [0.15, 0.2) is 5.82 Å². The first kappa shape index (κ1) is 12.3. The van der Waals surface area contributed by atoms with Crippen molar-refractivity contribution in [2.45, 2.75) is 13.5 Å². The summed E-state index contributed by atoms with van der Waals surface area (Å²) in [5, 5.41) is 6.48. The van der Waals surface area contributed by atoms with E-state index in [2.05, 4.69) is 20.4 Å². The minimum absolute atomic E-state index is 0.148. The number of anilines is 1. The second kappa shape index (κ2) is 5.01. The van der Waals surface area contributed by atoms with Crippen LogP contribution in [0.4, 0.5) is 5.82 Å². The lowest BCUT2D eigenvalue weighted by Crippen LogP contribution is -2.24. The molecule has 0 aromatic carbocycles. The molecule has 2 aromatic heterocycles. The van der Waals surface area contributed by atoms with Crippen LogP contribution < -0.4 is 11.1 Å². The van der Waals surface area contributed by atoms with E-state index in [9.17, 15) is 4.79 Å². The molecule has 0 fully saturated rings. The molecule has 0 spiro atoms. The molecule has 3 N–H and O–H groups in total. The highest BCUT2D eigenvalue weighted by molar-refractivity contribution is 6.33. The summed E-state index contributed by atoms with van der Waals surface area (Å²) >= 11 is 5.85. The van der Waals surface area contributed by atoms with Crippen LogP contribution in [0.1, 0.15) is 22.1 Å². The lowest BCUT2D eigenvalue weighted by Gasteiger charge is -2.04. The number of aryl methyl sites for hydroxylation is 1. The van der Waals surface area contributed by atoms with Crippen LogP contribution in [0, 0.1) is 6.92 Å². The van der Waals surface area contributed by atoms with Gasteiger partial charge in [-0.15, -0.1) is 0 Å². The van der Waals surface area contributed by atoms with Gasteiger partial charge in [0.2, 0.25) is 5.89 Å². The molecule has 7 nitrogen and oxygen atoms in total. The minimum atomic E-state index is -0.378. The molecule has 1 amide bonds. The van der Waals surface area contributed by atoms with Gasteiger partial charge < -0.3 is 15.6 Å². The maximum absolute atomic E-state index is 11.8. The molecule has 2 rings (SSSR count). The maximum atomic E-state index is 11.8. The zero-order valence-corrected chi connectivity index (χ0v) is 10.2. The van der Waals surface area contributed by atoms with Crippen molar-refractivity contribution in [3.05, 3.63) is 34.6 Å². The lowest BCUT2D eigenvalue weighted by molar-refractivity contribution is 0.0949. The molecule has 0 bridgehead atoms. The smallest absolute Gasteiger partial charge is 0.253 e. The van der Waals surface area contributed by atoms with E-state index in [1.165, 1.54) is 12.3 Å². The Bertz CT molecular complexity index is 583. The van der Waals surface area contributed by atoms with Gasteiger partial charge in [0.25, 0.3) is 5.91 Å². The Hall–Kier alpha value is -2.15. The number of nitrogens with zero attached hydrogens (tertiary/aromatic N) is 3. The van der Waals surface area contributed by atoms with Gasteiger partial charge in [0.1, 0.15) is 5.82 Å². The molecule has 2 aromatic rings. The van der Waals surface area contributed by atoms with Crippen LogP contribution in [0.25, 0.3) is 0 Å². The summed E-state index contributed by atoms with van der Waals surface area (Å²) in [4.78, 5) is 19.6. The summed E-state index contributed by atoms with van der Waals surface area (Å²) in [6.07, 6.45) is 1.32. The van der Waals surface area contributed by atoms with Gasteiger partial charge in [0.05, 0.1) is 17.1 Å². The Morgan fingerprint density at radius 1 is 1.61 bits per heavy atom. The standard InChI is InChI=1S/C10H10ClN5O2/c1-5-15-9(16-18-5)4-14-10(17)6-2-8(12)13-3-7(6)11/h2-3H,4H2,1H3,(H2,12,13)(H,14,17). The monoisotopic (exact) mass is 267 g/mol. The molecule has 0 aliphatic carbocycles. The number of nitrogen functional groups attached to an aromatic ring is 1. The molecular formula is C10H10ClN5O2. The molecule has 0 saturated carbocycles. The quantitative estimate of drug-likeness (QED) is 0.857. The largest absolute Gasteiger partial charge is 0.384 e. The van der Waals surface area contributed by atoms with E-state index in [1.807, 2.05) is 0 Å². The Labute approximate surface area is 107 Å². The van der Waals surface area contributed by atoms with Crippen LogP contribution in [0.15, 0.2) is 16.8 Å². The van der Waals surface area contributed by atoms with Gasteiger partial charge in [-0.1, -0.05) is 16.8 Å². The zero-order valence-electron chi connectivity index (χ0n) is 9.48. The molecule has 2 heterocycles. The van der Waals surface area contributed by atoms with Gasteiger partial charge in [-0.25, -0.2) is 4.98 Å². The highest BCUT2D eigenvalue weighted by Crippen LogP contribution is 2.16. The van der Waals surface area contributed by atoms with E-state index >= 15 is 0 Å². The maximum Gasteiger partial charge on any atom is 0.253 e. The van der Waals surface area contributed by atoms with E-state index in [1.54, 1.807) is 6.92 Å². The predicted molar refractivity (Wildman–Crippen MR) is 63.9 cm³/mol. The lowest BCUT2D eigenvalue weighted by atomic mass is 10.2. The number of carbonyl (C=O) groups is 1. The second-order valence-corrected chi connectivity index (χ2v) is 3.91. The number of rotatable bonds is 3. The van der Waals surface area contributed by atoms with E-state index in [-0.39, 0.29) is 28.9 Å². The van der Waals surface area contributed by atoms with Crippen molar-refractivity contribution in [3.63, 3.8) is 0 Å². The highest BCUT2D eigenvalue weighted by atomic mass is 35.5. The van der Waals surface area contributed by atoms with Crippen molar-refractivity contribution in [2.24, 2.45) is 0 Å². The Morgan fingerprint density at radius 2 is 2.39 bits per heavy atom. The van der Waals surface area contributed by atoms with Crippen molar-refractivity contribution >= 4 is 23.3 Å². The average molecular weight is 268 g/mol. The number of pyridine rings is 1. The van der Waals surface area contributed by atoms with Crippen LogP contribution >= 0.6 is 11.6 Å². The summed E-state index contributed by atoms with van der Waals surface area (Å²) in [5.74, 6) is 0.668. The van der Waals surface area contributed by atoms with Crippen molar-refractivity contribution in [3.8, 4) is 0 Å². The van der Waals surface area contributed by atoms with E-state index in [0.717, 1.165) is 0 Å². The number of nitrogens with one attached hydrogen (secondary N) is 1. The molecule has 0 aliphatic heterocycles. The van der Waals surface area contributed by atoms with Gasteiger partial charge in [-0.2, -0.15) is 4.98 Å². The SMILES string of the molecule is Cc1nc(CNC(=O)c2cc(N)ncc2Cl)no1. The molecule has 18 heavy (non-hydrogen) atoms. The summed E-state index contributed by atoms with van der Waals surface area (Å²) in [6, 6.07) is 1.40. The number of hydrogen-bond donors (Lipinski definition) is 2. The number of amides is 1. The zero-order chi connectivity index (χ0) is 13.1. The van der Waals surface area contributed by atoms with Crippen molar-refractivity contribution < 1.29 is 9.32 Å².